The summed E-state index contributed by atoms with van der Waals surface area (Å²) in [6.45, 7) is 0.775. The van der Waals surface area contributed by atoms with Gasteiger partial charge >= 0.3 is 0 Å². The molecule has 0 saturated carbocycles. The number of hydrogen-bond donors (Lipinski definition) is 0. The van der Waals surface area contributed by atoms with Gasteiger partial charge in [0.05, 0.1) is 19.0 Å². The summed E-state index contributed by atoms with van der Waals surface area (Å²) in [5, 5.41) is 8.71. The van der Waals surface area contributed by atoms with Gasteiger partial charge in [0.2, 0.25) is 0 Å². The molecule has 19 heavy (non-hydrogen) atoms. The Kier molecular flexibility index (Phi) is 3.99. The van der Waals surface area contributed by atoms with Gasteiger partial charge in [0, 0.05) is 13.6 Å². The van der Waals surface area contributed by atoms with Gasteiger partial charge in [-0.15, -0.1) is 0 Å². The Labute approximate surface area is 112 Å². The molecule has 0 radical (unpaired) electrons. The summed E-state index contributed by atoms with van der Waals surface area (Å²) in [5.41, 5.74) is 2.60. The highest BCUT2D eigenvalue weighted by molar-refractivity contribution is 5.46. The fourth-order valence-electron chi connectivity index (χ4n) is 1.77. The van der Waals surface area contributed by atoms with Crippen LogP contribution in [0, 0.1) is 11.3 Å². The first-order valence-corrected chi connectivity index (χ1v) is 5.93. The first-order chi connectivity index (χ1) is 9.22. The van der Waals surface area contributed by atoms with Gasteiger partial charge in [-0.25, -0.2) is 4.98 Å². The van der Waals surface area contributed by atoms with Crippen molar-refractivity contribution in [3.05, 3.63) is 53.9 Å². The Hall–Kier alpha value is -2.54. The average molecular weight is 253 g/mol. The highest BCUT2D eigenvalue weighted by Gasteiger charge is 2.03. The largest absolute Gasteiger partial charge is 0.497 e. The molecule has 0 aliphatic rings. The number of rotatable bonds is 4. The third kappa shape index (κ3) is 3.23. The highest BCUT2D eigenvalue weighted by Crippen LogP contribution is 2.16. The fraction of sp³-hybridized carbons (Fsp3) is 0.200. The normalized spacial score (nSPS) is 9.74. The fourth-order valence-corrected chi connectivity index (χ4v) is 1.77. The number of nitriles is 1. The van der Waals surface area contributed by atoms with Crippen LogP contribution in [0.15, 0.2) is 42.6 Å². The number of benzene rings is 1. The van der Waals surface area contributed by atoms with E-state index < -0.39 is 0 Å². The lowest BCUT2D eigenvalue weighted by atomic mass is 10.2. The third-order valence-corrected chi connectivity index (χ3v) is 2.88. The van der Waals surface area contributed by atoms with E-state index in [1.54, 1.807) is 19.4 Å². The van der Waals surface area contributed by atoms with Crippen molar-refractivity contribution in [1.82, 2.24) is 4.98 Å². The van der Waals surface area contributed by atoms with Crippen LogP contribution in [-0.2, 0) is 6.54 Å². The Morgan fingerprint density at radius 1 is 1.21 bits per heavy atom. The van der Waals surface area contributed by atoms with E-state index in [2.05, 4.69) is 9.88 Å². The molecule has 4 nitrogen and oxygen atoms in total. The number of hydrogen-bond acceptors (Lipinski definition) is 4. The van der Waals surface area contributed by atoms with Crippen LogP contribution in [0.25, 0.3) is 0 Å². The van der Waals surface area contributed by atoms with Crippen molar-refractivity contribution in [2.45, 2.75) is 6.54 Å². The first-order valence-electron chi connectivity index (χ1n) is 5.93. The van der Waals surface area contributed by atoms with Crippen LogP contribution in [0.3, 0.4) is 0 Å². The molecule has 0 atom stereocenters. The van der Waals surface area contributed by atoms with Gasteiger partial charge in [0.1, 0.15) is 17.5 Å². The topological polar surface area (TPSA) is 49.1 Å². The molecule has 2 aromatic rings. The molecule has 96 valence electrons. The number of pyridine rings is 1. The first kappa shape index (κ1) is 12.9. The van der Waals surface area contributed by atoms with E-state index in [0.29, 0.717) is 5.69 Å². The van der Waals surface area contributed by atoms with Gasteiger partial charge in [-0.1, -0.05) is 12.1 Å². The van der Waals surface area contributed by atoms with Gasteiger partial charge in [0.25, 0.3) is 0 Å². The molecular weight excluding hydrogens is 238 g/mol. The molecule has 2 rings (SSSR count). The maximum Gasteiger partial charge on any atom is 0.140 e. The van der Waals surface area contributed by atoms with Gasteiger partial charge in [-0.05, 0) is 29.8 Å². The summed E-state index contributed by atoms with van der Waals surface area (Å²) >= 11 is 0. The Morgan fingerprint density at radius 2 is 1.95 bits per heavy atom. The van der Waals surface area contributed by atoms with Crippen LogP contribution in [0.5, 0.6) is 5.75 Å². The molecule has 0 bridgehead atoms. The van der Waals surface area contributed by atoms with Crippen LogP contribution in [0.2, 0.25) is 0 Å². The number of anilines is 1. The Balaban J connectivity index is 2.06. The second-order valence-electron chi connectivity index (χ2n) is 4.22. The third-order valence-electron chi connectivity index (χ3n) is 2.88. The summed E-state index contributed by atoms with van der Waals surface area (Å²) < 4.78 is 5.13. The molecule has 0 saturated heterocycles. The molecular formula is C15H15N3O. The van der Waals surface area contributed by atoms with Crippen molar-refractivity contribution >= 4 is 5.69 Å². The molecule has 1 aromatic carbocycles. The van der Waals surface area contributed by atoms with Crippen LogP contribution < -0.4 is 9.64 Å². The summed E-state index contributed by atoms with van der Waals surface area (Å²) in [5.74, 6) is 0.853. The molecule has 0 fully saturated rings. The molecule has 4 heteroatoms. The van der Waals surface area contributed by atoms with E-state index in [4.69, 9.17) is 10.00 Å². The van der Waals surface area contributed by atoms with Crippen LogP contribution in [0.1, 0.15) is 11.3 Å². The molecule has 1 aromatic heterocycles. The highest BCUT2D eigenvalue weighted by atomic mass is 16.5. The second kappa shape index (κ2) is 5.87. The lowest BCUT2D eigenvalue weighted by Crippen LogP contribution is -2.16. The maximum absolute atomic E-state index is 8.71. The zero-order valence-electron chi connectivity index (χ0n) is 11.0. The minimum absolute atomic E-state index is 0.432. The Morgan fingerprint density at radius 3 is 2.47 bits per heavy atom. The van der Waals surface area contributed by atoms with Crippen molar-refractivity contribution in [2.24, 2.45) is 0 Å². The SMILES string of the molecule is COc1ccc(CN(C)c2ccc(C#N)nc2)cc1. The molecule has 0 N–H and O–H groups in total. The van der Waals surface area contributed by atoms with Gasteiger partial charge < -0.3 is 9.64 Å². The molecule has 0 unspecified atom stereocenters. The van der Waals surface area contributed by atoms with Crippen LogP contribution in [0.4, 0.5) is 5.69 Å². The van der Waals surface area contributed by atoms with Gasteiger partial charge in [-0.3, -0.25) is 0 Å². The smallest absolute Gasteiger partial charge is 0.140 e. The van der Waals surface area contributed by atoms with Crippen LogP contribution in [-0.4, -0.2) is 19.1 Å². The number of ether oxygens (including phenoxy) is 1. The molecule has 0 amide bonds. The number of aromatic nitrogens is 1. The van der Waals surface area contributed by atoms with E-state index in [1.807, 2.05) is 43.4 Å². The lowest BCUT2D eigenvalue weighted by Gasteiger charge is -2.19. The van der Waals surface area contributed by atoms with Gasteiger partial charge in [-0.2, -0.15) is 5.26 Å². The molecule has 0 spiro atoms. The number of methoxy groups -OCH3 is 1. The van der Waals surface area contributed by atoms with E-state index in [-0.39, 0.29) is 0 Å². The minimum Gasteiger partial charge on any atom is -0.497 e. The van der Waals surface area contributed by atoms with E-state index >= 15 is 0 Å². The van der Waals surface area contributed by atoms with E-state index in [0.717, 1.165) is 18.0 Å². The van der Waals surface area contributed by atoms with E-state index in [1.165, 1.54) is 5.56 Å². The summed E-state index contributed by atoms with van der Waals surface area (Å²) in [4.78, 5) is 6.14. The predicted octanol–water partition coefficient (Wildman–Crippen LogP) is 2.60. The summed E-state index contributed by atoms with van der Waals surface area (Å²) in [7, 11) is 3.65. The van der Waals surface area contributed by atoms with Crippen molar-refractivity contribution in [2.75, 3.05) is 19.1 Å². The molecule has 0 aliphatic carbocycles. The molecule has 0 aliphatic heterocycles. The van der Waals surface area contributed by atoms with Crippen molar-refractivity contribution < 1.29 is 4.74 Å². The zero-order chi connectivity index (χ0) is 13.7. The van der Waals surface area contributed by atoms with Crippen LogP contribution >= 0.6 is 0 Å². The summed E-state index contributed by atoms with van der Waals surface area (Å²) in [6, 6.07) is 13.6. The van der Waals surface area contributed by atoms with Crippen molar-refractivity contribution in [3.8, 4) is 11.8 Å². The monoisotopic (exact) mass is 253 g/mol. The average Bonchev–Trinajstić information content (AvgIpc) is 2.48. The van der Waals surface area contributed by atoms with Gasteiger partial charge in [0.15, 0.2) is 0 Å². The van der Waals surface area contributed by atoms with E-state index in [9.17, 15) is 0 Å². The Bertz CT molecular complexity index is 570. The zero-order valence-corrected chi connectivity index (χ0v) is 11.0. The maximum atomic E-state index is 8.71. The summed E-state index contributed by atoms with van der Waals surface area (Å²) in [6.07, 6.45) is 1.71. The lowest BCUT2D eigenvalue weighted by molar-refractivity contribution is 0.414. The molecule has 1 heterocycles. The minimum atomic E-state index is 0.432. The van der Waals surface area contributed by atoms with Crippen molar-refractivity contribution in [1.29, 1.82) is 5.26 Å². The standard InChI is InChI=1S/C15H15N3O/c1-18(14-6-5-13(9-16)17-10-14)11-12-3-7-15(19-2)8-4-12/h3-8,10H,11H2,1-2H3. The second-order valence-corrected chi connectivity index (χ2v) is 4.22. The quantitative estimate of drug-likeness (QED) is 0.840. The predicted molar refractivity (Wildman–Crippen MR) is 74.1 cm³/mol. The van der Waals surface area contributed by atoms with Crippen molar-refractivity contribution in [3.63, 3.8) is 0 Å². The number of nitrogens with zero attached hydrogens (tertiary/aromatic N) is 3.